The van der Waals surface area contributed by atoms with Crippen molar-refractivity contribution in [3.63, 3.8) is 0 Å². The van der Waals surface area contributed by atoms with Gasteiger partial charge in [-0.15, -0.1) is 0 Å². The molecule has 1 aromatic heterocycles. The molecule has 6 nitrogen and oxygen atoms in total. The molecule has 0 bridgehead atoms. The fourth-order valence-corrected chi connectivity index (χ4v) is 4.43. The van der Waals surface area contributed by atoms with Gasteiger partial charge in [-0.25, -0.2) is 4.98 Å². The molecule has 2 heterocycles. The van der Waals surface area contributed by atoms with Gasteiger partial charge in [0.15, 0.2) is 0 Å². The Morgan fingerprint density at radius 1 is 1.21 bits per heavy atom. The molecule has 1 N–H and O–H groups in total. The van der Waals surface area contributed by atoms with Gasteiger partial charge < -0.3 is 5.32 Å². The Balaban J connectivity index is 1.86. The van der Waals surface area contributed by atoms with E-state index >= 15 is 0 Å². The highest BCUT2D eigenvalue weighted by molar-refractivity contribution is 8.76. The van der Waals surface area contributed by atoms with E-state index in [1.807, 2.05) is 32.0 Å². The van der Waals surface area contributed by atoms with Crippen molar-refractivity contribution in [2.24, 2.45) is 5.92 Å². The van der Waals surface area contributed by atoms with Crippen molar-refractivity contribution in [1.29, 1.82) is 0 Å². The van der Waals surface area contributed by atoms with Crippen molar-refractivity contribution < 1.29 is 14.4 Å². The van der Waals surface area contributed by atoms with Crippen LogP contribution < -0.4 is 5.32 Å². The van der Waals surface area contributed by atoms with Gasteiger partial charge in [0.25, 0.3) is 11.8 Å². The normalized spacial score (nSPS) is 14.2. The molecule has 3 amide bonds. The summed E-state index contributed by atoms with van der Waals surface area (Å²) in [7, 11) is 3.11. The van der Waals surface area contributed by atoms with Gasteiger partial charge in [-0.05, 0) is 28.8 Å². The second-order valence-electron chi connectivity index (χ2n) is 7.69. The average molecular weight is 422 g/mol. The predicted molar refractivity (Wildman–Crippen MR) is 114 cm³/mol. The molecule has 0 aliphatic carbocycles. The number of imide groups is 1. The minimum atomic E-state index is -0.463. The van der Waals surface area contributed by atoms with E-state index in [0.29, 0.717) is 24.6 Å². The predicted octanol–water partition coefficient (Wildman–Crippen LogP) is 3.19. The smallest absolute Gasteiger partial charge is 0.253 e. The van der Waals surface area contributed by atoms with E-state index in [2.05, 4.69) is 24.1 Å². The lowest BCUT2D eigenvalue weighted by molar-refractivity contribution is -0.137. The largest absolute Gasteiger partial charge is 0.356 e. The van der Waals surface area contributed by atoms with Crippen molar-refractivity contribution in [3.05, 3.63) is 36.0 Å². The number of rotatable bonds is 10. The first-order chi connectivity index (χ1) is 13.2. The fraction of sp³-hybridized carbons (Fsp3) is 0.500. The third kappa shape index (κ3) is 6.67. The minimum absolute atomic E-state index is 0.0678. The number of carbonyl (C=O) groups is 3. The summed E-state index contributed by atoms with van der Waals surface area (Å²) in [4.78, 5) is 41.3. The van der Waals surface area contributed by atoms with E-state index in [1.165, 1.54) is 27.8 Å². The summed E-state index contributed by atoms with van der Waals surface area (Å²) in [6.07, 6.45) is 3.07. The van der Waals surface area contributed by atoms with Crippen LogP contribution in [0.3, 0.4) is 0 Å². The Hall–Kier alpha value is -1.80. The van der Waals surface area contributed by atoms with Crippen molar-refractivity contribution in [2.75, 3.05) is 18.8 Å². The number of hydrogen-bond acceptors (Lipinski definition) is 6. The Labute approximate surface area is 174 Å². The Morgan fingerprint density at radius 2 is 1.89 bits per heavy atom. The topological polar surface area (TPSA) is 79.4 Å². The molecule has 28 heavy (non-hydrogen) atoms. The van der Waals surface area contributed by atoms with Crippen LogP contribution in [0.2, 0.25) is 0 Å². The van der Waals surface area contributed by atoms with Crippen LogP contribution in [0.15, 0.2) is 35.4 Å². The summed E-state index contributed by atoms with van der Waals surface area (Å²) in [6.45, 7) is 9.05. The van der Waals surface area contributed by atoms with E-state index in [1.54, 1.807) is 10.8 Å². The van der Waals surface area contributed by atoms with Crippen molar-refractivity contribution in [1.82, 2.24) is 15.2 Å². The molecule has 152 valence electrons. The van der Waals surface area contributed by atoms with Crippen LogP contribution in [0.5, 0.6) is 0 Å². The third-order valence-corrected chi connectivity index (χ3v) is 6.39. The van der Waals surface area contributed by atoms with Crippen LogP contribution in [-0.4, -0.2) is 46.4 Å². The maximum absolute atomic E-state index is 11.8. The minimum Gasteiger partial charge on any atom is -0.356 e. The molecule has 2 rings (SSSR count). The zero-order chi connectivity index (χ0) is 20.7. The van der Waals surface area contributed by atoms with Crippen LogP contribution in [-0.2, 0) is 19.8 Å². The molecule has 1 aliphatic heterocycles. The summed E-state index contributed by atoms with van der Waals surface area (Å²) >= 11 is 0. The SMILES string of the molecule is CC(C)CNC(=O)CCSSc1cccc(C(C)(C)CN2C(=O)C=CC2=O)n1. The van der Waals surface area contributed by atoms with Crippen molar-refractivity contribution in [3.8, 4) is 0 Å². The molecule has 8 heteroatoms. The maximum Gasteiger partial charge on any atom is 0.253 e. The maximum atomic E-state index is 11.8. The third-order valence-electron chi connectivity index (χ3n) is 4.14. The summed E-state index contributed by atoms with van der Waals surface area (Å²) in [5.74, 6) is 0.651. The van der Waals surface area contributed by atoms with Gasteiger partial charge in [-0.3, -0.25) is 19.3 Å². The molecule has 0 aromatic carbocycles. The van der Waals surface area contributed by atoms with E-state index in [9.17, 15) is 14.4 Å². The van der Waals surface area contributed by atoms with Crippen LogP contribution in [0.25, 0.3) is 0 Å². The number of carbonyl (C=O) groups excluding carboxylic acids is 3. The first-order valence-corrected chi connectivity index (χ1v) is 11.6. The number of hydrogen-bond donors (Lipinski definition) is 1. The summed E-state index contributed by atoms with van der Waals surface area (Å²) < 4.78 is 0. The zero-order valence-electron chi connectivity index (χ0n) is 16.7. The number of aromatic nitrogens is 1. The highest BCUT2D eigenvalue weighted by Crippen LogP contribution is 2.32. The number of amides is 3. The summed E-state index contributed by atoms with van der Waals surface area (Å²) in [5.41, 5.74) is 0.357. The van der Waals surface area contributed by atoms with Gasteiger partial charge in [-0.2, -0.15) is 0 Å². The molecular weight excluding hydrogens is 394 g/mol. The average Bonchev–Trinajstić information content (AvgIpc) is 2.95. The van der Waals surface area contributed by atoms with Crippen LogP contribution in [0.4, 0.5) is 0 Å². The molecule has 0 fully saturated rings. The van der Waals surface area contributed by atoms with Crippen LogP contribution in [0, 0.1) is 5.92 Å². The van der Waals surface area contributed by atoms with Gasteiger partial charge in [-0.1, -0.05) is 44.6 Å². The molecule has 0 atom stereocenters. The summed E-state index contributed by atoms with van der Waals surface area (Å²) in [6, 6.07) is 5.75. The lowest BCUT2D eigenvalue weighted by Crippen LogP contribution is -2.41. The Morgan fingerprint density at radius 3 is 2.54 bits per heavy atom. The monoisotopic (exact) mass is 421 g/mol. The first kappa shape index (κ1) is 22.5. The fourth-order valence-electron chi connectivity index (χ4n) is 2.54. The van der Waals surface area contributed by atoms with E-state index in [-0.39, 0.29) is 24.3 Å². The van der Waals surface area contributed by atoms with Gasteiger partial charge >= 0.3 is 0 Å². The second-order valence-corrected chi connectivity index (χ2v) is 10.1. The summed E-state index contributed by atoms with van der Waals surface area (Å²) in [5, 5.41) is 3.75. The highest BCUT2D eigenvalue weighted by atomic mass is 33.1. The quantitative estimate of drug-likeness (QED) is 0.355. The van der Waals surface area contributed by atoms with Gasteiger partial charge in [0.05, 0.1) is 0 Å². The number of nitrogens with zero attached hydrogens (tertiary/aromatic N) is 2. The second kappa shape index (κ2) is 10.1. The van der Waals surface area contributed by atoms with Gasteiger partial charge in [0.1, 0.15) is 5.03 Å². The van der Waals surface area contributed by atoms with Crippen molar-refractivity contribution in [2.45, 2.75) is 44.6 Å². The zero-order valence-corrected chi connectivity index (χ0v) is 18.4. The van der Waals surface area contributed by atoms with E-state index in [0.717, 1.165) is 10.7 Å². The molecule has 0 saturated heterocycles. The molecule has 1 aromatic rings. The highest BCUT2D eigenvalue weighted by Gasteiger charge is 2.32. The van der Waals surface area contributed by atoms with Crippen LogP contribution >= 0.6 is 21.6 Å². The lowest BCUT2D eigenvalue weighted by atomic mass is 9.88. The van der Waals surface area contributed by atoms with Crippen molar-refractivity contribution >= 4 is 39.3 Å². The standard InChI is InChI=1S/C20H27N3O3S2/c1-14(2)12-21-16(24)10-11-27-28-17-7-5-6-15(22-17)20(3,4)13-23-18(25)8-9-19(23)26/h5-9,14H,10-13H2,1-4H3,(H,21,24). The van der Waals surface area contributed by atoms with Crippen LogP contribution in [0.1, 0.15) is 39.8 Å². The van der Waals surface area contributed by atoms with E-state index in [4.69, 9.17) is 0 Å². The van der Waals surface area contributed by atoms with E-state index < -0.39 is 5.41 Å². The Bertz CT molecular complexity index is 745. The number of pyridine rings is 1. The first-order valence-electron chi connectivity index (χ1n) is 9.26. The molecular formula is C20H27N3O3S2. The van der Waals surface area contributed by atoms with Gasteiger partial charge in [0.2, 0.25) is 5.91 Å². The lowest BCUT2D eigenvalue weighted by Gasteiger charge is -2.28. The molecule has 0 radical (unpaired) electrons. The molecule has 0 saturated carbocycles. The molecule has 0 spiro atoms. The number of nitrogens with one attached hydrogen (secondary N) is 1. The van der Waals surface area contributed by atoms with Gasteiger partial charge in [0, 0.05) is 48.5 Å². The molecule has 0 unspecified atom stereocenters. The Kier molecular flexibility index (Phi) is 8.12. The molecule has 1 aliphatic rings.